The van der Waals surface area contributed by atoms with Gasteiger partial charge < -0.3 is 10.2 Å². The van der Waals surface area contributed by atoms with E-state index in [1.165, 1.54) is 4.88 Å². The standard InChI is InChI=1S/C10H17N3OS/c1-4-8-6-12-9(15-8)7-13(3)10(14)11-5-2/h6H,4-5,7H2,1-3H3,(H,11,14). The third-order valence-corrected chi connectivity index (χ3v) is 3.12. The van der Waals surface area contributed by atoms with Crippen molar-refractivity contribution in [2.24, 2.45) is 0 Å². The van der Waals surface area contributed by atoms with Gasteiger partial charge in [0.25, 0.3) is 0 Å². The second kappa shape index (κ2) is 5.70. The van der Waals surface area contributed by atoms with Crippen LogP contribution in [-0.4, -0.2) is 29.5 Å². The first kappa shape index (κ1) is 12.0. The summed E-state index contributed by atoms with van der Waals surface area (Å²) in [4.78, 5) is 18.6. The fourth-order valence-corrected chi connectivity index (χ4v) is 2.06. The molecule has 0 fully saturated rings. The van der Waals surface area contributed by atoms with Gasteiger partial charge in [-0.1, -0.05) is 6.92 Å². The van der Waals surface area contributed by atoms with Gasteiger partial charge in [0.15, 0.2) is 0 Å². The summed E-state index contributed by atoms with van der Waals surface area (Å²) in [5, 5.41) is 3.74. The number of aryl methyl sites for hydroxylation is 1. The fraction of sp³-hybridized carbons (Fsp3) is 0.600. The molecule has 15 heavy (non-hydrogen) atoms. The van der Waals surface area contributed by atoms with Crippen molar-refractivity contribution >= 4 is 17.4 Å². The van der Waals surface area contributed by atoms with Crippen LogP contribution in [0.3, 0.4) is 0 Å². The number of hydrogen-bond acceptors (Lipinski definition) is 3. The molecule has 0 aliphatic carbocycles. The zero-order valence-corrected chi connectivity index (χ0v) is 10.2. The van der Waals surface area contributed by atoms with Crippen molar-refractivity contribution in [1.82, 2.24) is 15.2 Å². The van der Waals surface area contributed by atoms with Gasteiger partial charge >= 0.3 is 6.03 Å². The van der Waals surface area contributed by atoms with E-state index >= 15 is 0 Å². The normalized spacial score (nSPS) is 10.1. The lowest BCUT2D eigenvalue weighted by Gasteiger charge is -2.15. The van der Waals surface area contributed by atoms with Crippen molar-refractivity contribution in [3.63, 3.8) is 0 Å². The van der Waals surface area contributed by atoms with Crippen molar-refractivity contribution in [2.75, 3.05) is 13.6 Å². The van der Waals surface area contributed by atoms with E-state index in [9.17, 15) is 4.79 Å². The summed E-state index contributed by atoms with van der Waals surface area (Å²) in [6.45, 7) is 5.24. The maximum Gasteiger partial charge on any atom is 0.317 e. The van der Waals surface area contributed by atoms with Crippen LogP contribution in [0.2, 0.25) is 0 Å². The van der Waals surface area contributed by atoms with E-state index in [0.29, 0.717) is 13.1 Å². The van der Waals surface area contributed by atoms with Gasteiger partial charge in [-0.2, -0.15) is 0 Å². The zero-order chi connectivity index (χ0) is 11.3. The summed E-state index contributed by atoms with van der Waals surface area (Å²) in [6.07, 6.45) is 2.88. The van der Waals surface area contributed by atoms with Crippen LogP contribution in [0.25, 0.3) is 0 Å². The summed E-state index contributed by atoms with van der Waals surface area (Å²) in [5.74, 6) is 0. The number of nitrogens with zero attached hydrogens (tertiary/aromatic N) is 2. The average Bonchev–Trinajstić information content (AvgIpc) is 2.66. The van der Waals surface area contributed by atoms with E-state index in [1.807, 2.05) is 13.1 Å². The molecule has 0 bridgehead atoms. The van der Waals surface area contributed by atoms with E-state index in [1.54, 1.807) is 23.3 Å². The molecule has 1 N–H and O–H groups in total. The van der Waals surface area contributed by atoms with E-state index in [4.69, 9.17) is 0 Å². The van der Waals surface area contributed by atoms with Crippen LogP contribution >= 0.6 is 11.3 Å². The van der Waals surface area contributed by atoms with Crippen molar-refractivity contribution in [3.8, 4) is 0 Å². The van der Waals surface area contributed by atoms with Gasteiger partial charge in [0.05, 0.1) is 6.54 Å². The molecule has 0 saturated heterocycles. The smallest absolute Gasteiger partial charge is 0.317 e. The first-order valence-corrected chi connectivity index (χ1v) is 5.91. The van der Waals surface area contributed by atoms with Crippen LogP contribution in [0.5, 0.6) is 0 Å². The highest BCUT2D eigenvalue weighted by molar-refractivity contribution is 7.11. The van der Waals surface area contributed by atoms with Gasteiger partial charge in [-0.3, -0.25) is 0 Å². The Kier molecular flexibility index (Phi) is 4.55. The molecule has 4 nitrogen and oxygen atoms in total. The minimum Gasteiger partial charge on any atom is -0.338 e. The summed E-state index contributed by atoms with van der Waals surface area (Å²) in [5.41, 5.74) is 0. The second-order valence-electron chi connectivity index (χ2n) is 3.27. The molecule has 2 amide bonds. The Labute approximate surface area is 94.3 Å². The van der Waals surface area contributed by atoms with Gasteiger partial charge in [-0.15, -0.1) is 11.3 Å². The number of carbonyl (C=O) groups excluding carboxylic acids is 1. The molecule has 0 aromatic carbocycles. The molecule has 84 valence electrons. The number of rotatable bonds is 4. The first-order chi connectivity index (χ1) is 7.17. The number of carbonyl (C=O) groups is 1. The summed E-state index contributed by atoms with van der Waals surface area (Å²) in [6, 6.07) is -0.0502. The molecule has 1 aromatic heterocycles. The maximum atomic E-state index is 11.4. The highest BCUT2D eigenvalue weighted by Crippen LogP contribution is 2.14. The van der Waals surface area contributed by atoms with Gasteiger partial charge in [-0.25, -0.2) is 9.78 Å². The van der Waals surface area contributed by atoms with Crippen molar-refractivity contribution in [3.05, 3.63) is 16.1 Å². The molecule has 0 atom stereocenters. The number of hydrogen-bond donors (Lipinski definition) is 1. The third kappa shape index (κ3) is 3.51. The lowest BCUT2D eigenvalue weighted by molar-refractivity contribution is 0.207. The topological polar surface area (TPSA) is 45.2 Å². The molecule has 0 radical (unpaired) electrons. The molecule has 0 spiro atoms. The van der Waals surface area contributed by atoms with Gasteiger partial charge in [0.1, 0.15) is 5.01 Å². The predicted molar refractivity (Wildman–Crippen MR) is 62.0 cm³/mol. The number of nitrogens with one attached hydrogen (secondary N) is 1. The largest absolute Gasteiger partial charge is 0.338 e. The van der Waals surface area contributed by atoms with Gasteiger partial charge in [-0.05, 0) is 13.3 Å². The highest BCUT2D eigenvalue weighted by atomic mass is 32.1. The summed E-state index contributed by atoms with van der Waals surface area (Å²) in [7, 11) is 1.78. The second-order valence-corrected chi connectivity index (χ2v) is 4.47. The predicted octanol–water partition coefficient (Wildman–Crippen LogP) is 1.87. The SMILES string of the molecule is CCNC(=O)N(C)Cc1ncc(CC)s1. The Morgan fingerprint density at radius 2 is 2.33 bits per heavy atom. The van der Waals surface area contributed by atoms with Crippen LogP contribution < -0.4 is 5.32 Å². The van der Waals surface area contributed by atoms with Gasteiger partial charge in [0, 0.05) is 24.7 Å². The first-order valence-electron chi connectivity index (χ1n) is 5.09. The number of thiazole rings is 1. The summed E-state index contributed by atoms with van der Waals surface area (Å²) >= 11 is 1.66. The minimum atomic E-state index is -0.0502. The van der Waals surface area contributed by atoms with Crippen LogP contribution in [0.1, 0.15) is 23.7 Å². The van der Waals surface area contributed by atoms with E-state index in [2.05, 4.69) is 17.2 Å². The maximum absolute atomic E-state index is 11.4. The molecule has 0 aliphatic heterocycles. The number of aromatic nitrogens is 1. The Morgan fingerprint density at radius 3 is 2.87 bits per heavy atom. The molecule has 0 saturated carbocycles. The Hall–Kier alpha value is -1.10. The fourth-order valence-electron chi connectivity index (χ4n) is 1.15. The highest BCUT2D eigenvalue weighted by Gasteiger charge is 2.09. The van der Waals surface area contributed by atoms with Crippen LogP contribution in [0.4, 0.5) is 4.79 Å². The number of amides is 2. The lowest BCUT2D eigenvalue weighted by Crippen LogP contribution is -2.36. The van der Waals surface area contributed by atoms with Crippen LogP contribution in [-0.2, 0) is 13.0 Å². The lowest BCUT2D eigenvalue weighted by atomic mass is 10.4. The van der Waals surface area contributed by atoms with E-state index in [0.717, 1.165) is 11.4 Å². The van der Waals surface area contributed by atoms with Crippen molar-refractivity contribution in [2.45, 2.75) is 26.8 Å². The van der Waals surface area contributed by atoms with Crippen molar-refractivity contribution < 1.29 is 4.79 Å². The zero-order valence-electron chi connectivity index (χ0n) is 9.41. The monoisotopic (exact) mass is 227 g/mol. The molecule has 5 heteroatoms. The number of urea groups is 1. The van der Waals surface area contributed by atoms with Crippen molar-refractivity contribution in [1.29, 1.82) is 0 Å². The third-order valence-electron chi connectivity index (χ3n) is 2.00. The Bertz CT molecular complexity index is 324. The molecule has 0 aliphatic rings. The molecule has 1 rings (SSSR count). The Balaban J connectivity index is 2.50. The Morgan fingerprint density at radius 1 is 1.60 bits per heavy atom. The molecule has 0 unspecified atom stereocenters. The van der Waals surface area contributed by atoms with Crippen LogP contribution in [0, 0.1) is 0 Å². The van der Waals surface area contributed by atoms with E-state index in [-0.39, 0.29) is 6.03 Å². The summed E-state index contributed by atoms with van der Waals surface area (Å²) < 4.78 is 0. The quantitative estimate of drug-likeness (QED) is 0.853. The average molecular weight is 227 g/mol. The molecule has 1 heterocycles. The molecular formula is C10H17N3OS. The molecule has 1 aromatic rings. The van der Waals surface area contributed by atoms with E-state index < -0.39 is 0 Å². The van der Waals surface area contributed by atoms with Gasteiger partial charge in [0.2, 0.25) is 0 Å². The molecular weight excluding hydrogens is 210 g/mol. The van der Waals surface area contributed by atoms with Crippen LogP contribution in [0.15, 0.2) is 6.20 Å². The minimum absolute atomic E-state index is 0.0502.